The van der Waals surface area contributed by atoms with Crippen molar-refractivity contribution in [3.8, 4) is 22.8 Å². The molecule has 0 amide bonds. The molecule has 1 N–H and O–H groups in total. The second-order valence-corrected chi connectivity index (χ2v) is 5.33. The standard InChI is InChI=1S/C15H14N2O3S/c1-3-4-16-15-17-11(8-21-15)9-5-10-12(18)7-20-14(10)6-13(9)19-2/h3,5-6,8H,1,4,7H2,2H3,(H,16,17). The van der Waals surface area contributed by atoms with Crippen molar-refractivity contribution in [2.45, 2.75) is 0 Å². The number of aromatic nitrogens is 1. The van der Waals surface area contributed by atoms with Crippen molar-refractivity contribution in [3.63, 3.8) is 0 Å². The van der Waals surface area contributed by atoms with Gasteiger partial charge in [0.2, 0.25) is 5.78 Å². The first-order valence-electron chi connectivity index (χ1n) is 6.41. The van der Waals surface area contributed by atoms with Crippen LogP contribution in [0.5, 0.6) is 11.5 Å². The predicted octanol–water partition coefficient (Wildman–Crippen LogP) is 2.99. The SMILES string of the molecule is C=CCNc1nc(-c2cc3c(cc2OC)OCC3=O)cs1. The summed E-state index contributed by atoms with van der Waals surface area (Å²) in [6, 6.07) is 3.53. The van der Waals surface area contributed by atoms with Crippen LogP contribution in [0, 0.1) is 0 Å². The van der Waals surface area contributed by atoms with E-state index in [-0.39, 0.29) is 12.4 Å². The highest BCUT2D eigenvalue weighted by molar-refractivity contribution is 7.14. The number of ether oxygens (including phenoxy) is 2. The number of fused-ring (bicyclic) bond motifs is 1. The minimum atomic E-state index is -0.0193. The largest absolute Gasteiger partial charge is 0.496 e. The summed E-state index contributed by atoms with van der Waals surface area (Å²) in [5.74, 6) is 1.19. The van der Waals surface area contributed by atoms with Crippen LogP contribution >= 0.6 is 11.3 Å². The average Bonchev–Trinajstić information content (AvgIpc) is 3.11. The van der Waals surface area contributed by atoms with Crippen LogP contribution in [0.4, 0.5) is 5.13 Å². The molecule has 0 fully saturated rings. The van der Waals surface area contributed by atoms with E-state index in [4.69, 9.17) is 9.47 Å². The van der Waals surface area contributed by atoms with Crippen LogP contribution < -0.4 is 14.8 Å². The number of carbonyl (C=O) groups is 1. The summed E-state index contributed by atoms with van der Waals surface area (Å²) < 4.78 is 10.7. The number of nitrogens with one attached hydrogen (secondary N) is 1. The molecule has 0 saturated carbocycles. The lowest BCUT2D eigenvalue weighted by molar-refractivity contribution is 0.0961. The lowest BCUT2D eigenvalue weighted by Crippen LogP contribution is -1.99. The Balaban J connectivity index is 2.01. The maximum atomic E-state index is 11.8. The number of carbonyl (C=O) groups excluding carboxylic acids is 1. The predicted molar refractivity (Wildman–Crippen MR) is 82.6 cm³/mol. The number of hydrogen-bond acceptors (Lipinski definition) is 6. The number of ketones is 1. The highest BCUT2D eigenvalue weighted by atomic mass is 32.1. The Bertz CT molecular complexity index is 709. The summed E-state index contributed by atoms with van der Waals surface area (Å²) in [4.78, 5) is 16.3. The van der Waals surface area contributed by atoms with Crippen LogP contribution in [0.3, 0.4) is 0 Å². The summed E-state index contributed by atoms with van der Waals surface area (Å²) >= 11 is 1.50. The Kier molecular flexibility index (Phi) is 3.62. The van der Waals surface area contributed by atoms with Crippen molar-refractivity contribution in [2.75, 3.05) is 25.6 Å². The summed E-state index contributed by atoms with van der Waals surface area (Å²) in [6.07, 6.45) is 1.77. The van der Waals surface area contributed by atoms with Crippen LogP contribution in [0.2, 0.25) is 0 Å². The van der Waals surface area contributed by atoms with Gasteiger partial charge in [-0.3, -0.25) is 4.79 Å². The van der Waals surface area contributed by atoms with Gasteiger partial charge >= 0.3 is 0 Å². The van der Waals surface area contributed by atoms with E-state index >= 15 is 0 Å². The normalized spacial score (nSPS) is 12.7. The zero-order valence-electron chi connectivity index (χ0n) is 11.5. The maximum absolute atomic E-state index is 11.8. The number of benzene rings is 1. The Morgan fingerprint density at radius 1 is 1.52 bits per heavy atom. The minimum Gasteiger partial charge on any atom is -0.496 e. The molecule has 6 heteroatoms. The fourth-order valence-corrected chi connectivity index (χ4v) is 2.85. The zero-order valence-corrected chi connectivity index (χ0v) is 12.3. The number of Topliss-reactive ketones (excluding diaryl/α,β-unsaturated/α-hetero) is 1. The lowest BCUT2D eigenvalue weighted by Gasteiger charge is -2.08. The molecule has 0 unspecified atom stereocenters. The topological polar surface area (TPSA) is 60.5 Å². The van der Waals surface area contributed by atoms with E-state index in [1.165, 1.54) is 11.3 Å². The van der Waals surface area contributed by atoms with Crippen molar-refractivity contribution in [1.82, 2.24) is 4.98 Å². The number of thiazole rings is 1. The second kappa shape index (κ2) is 5.57. The number of rotatable bonds is 5. The van der Waals surface area contributed by atoms with Gasteiger partial charge in [-0.25, -0.2) is 4.98 Å². The summed E-state index contributed by atoms with van der Waals surface area (Å²) in [5.41, 5.74) is 2.14. The molecular formula is C15H14N2O3S. The van der Waals surface area contributed by atoms with Gasteiger partial charge < -0.3 is 14.8 Å². The van der Waals surface area contributed by atoms with Gasteiger partial charge in [-0.15, -0.1) is 17.9 Å². The third-order valence-electron chi connectivity index (χ3n) is 3.14. The van der Waals surface area contributed by atoms with Crippen molar-refractivity contribution in [1.29, 1.82) is 0 Å². The Morgan fingerprint density at radius 2 is 2.38 bits per heavy atom. The van der Waals surface area contributed by atoms with Crippen LogP contribution in [-0.4, -0.2) is 31.0 Å². The van der Waals surface area contributed by atoms with Gasteiger partial charge in [-0.05, 0) is 6.07 Å². The molecule has 1 aromatic heterocycles. The first-order valence-corrected chi connectivity index (χ1v) is 7.29. The van der Waals surface area contributed by atoms with Crippen molar-refractivity contribution in [3.05, 3.63) is 35.7 Å². The number of nitrogens with zero attached hydrogens (tertiary/aromatic N) is 1. The first kappa shape index (κ1) is 13.6. The summed E-state index contributed by atoms with van der Waals surface area (Å²) in [7, 11) is 1.59. The molecule has 0 radical (unpaired) electrons. The van der Waals surface area contributed by atoms with E-state index in [0.29, 0.717) is 23.6 Å². The fraction of sp³-hybridized carbons (Fsp3) is 0.200. The number of hydrogen-bond donors (Lipinski definition) is 1. The monoisotopic (exact) mass is 302 g/mol. The number of anilines is 1. The van der Waals surface area contributed by atoms with E-state index < -0.39 is 0 Å². The third-order valence-corrected chi connectivity index (χ3v) is 3.94. The highest BCUT2D eigenvalue weighted by Gasteiger charge is 2.24. The Morgan fingerprint density at radius 3 is 3.14 bits per heavy atom. The molecule has 1 aliphatic heterocycles. The van der Waals surface area contributed by atoms with E-state index in [1.54, 1.807) is 25.3 Å². The van der Waals surface area contributed by atoms with Gasteiger partial charge in [-0.1, -0.05) is 6.08 Å². The van der Waals surface area contributed by atoms with E-state index in [1.807, 2.05) is 5.38 Å². The summed E-state index contributed by atoms with van der Waals surface area (Å²) in [6.45, 7) is 4.40. The zero-order chi connectivity index (χ0) is 14.8. The van der Waals surface area contributed by atoms with E-state index in [0.717, 1.165) is 16.4 Å². The van der Waals surface area contributed by atoms with Gasteiger partial charge in [0.15, 0.2) is 11.7 Å². The molecule has 1 aromatic carbocycles. The molecule has 5 nitrogen and oxygen atoms in total. The molecule has 3 rings (SSSR count). The van der Waals surface area contributed by atoms with Gasteiger partial charge in [-0.2, -0.15) is 0 Å². The molecule has 2 aromatic rings. The van der Waals surface area contributed by atoms with Gasteiger partial charge in [0.05, 0.1) is 18.4 Å². The Labute approximate surface area is 126 Å². The van der Waals surface area contributed by atoms with Gasteiger partial charge in [0.1, 0.15) is 11.5 Å². The lowest BCUT2D eigenvalue weighted by atomic mass is 10.0. The average molecular weight is 302 g/mol. The third kappa shape index (κ3) is 2.50. The molecule has 0 saturated heterocycles. The molecule has 2 heterocycles. The van der Waals surface area contributed by atoms with Crippen LogP contribution in [0.25, 0.3) is 11.3 Å². The Hall–Kier alpha value is -2.34. The molecule has 0 aliphatic carbocycles. The van der Waals surface area contributed by atoms with Crippen LogP contribution in [0.1, 0.15) is 10.4 Å². The van der Waals surface area contributed by atoms with Crippen LogP contribution in [-0.2, 0) is 0 Å². The molecule has 0 atom stereocenters. The molecular weight excluding hydrogens is 288 g/mol. The summed E-state index contributed by atoms with van der Waals surface area (Å²) in [5, 5.41) is 5.87. The second-order valence-electron chi connectivity index (χ2n) is 4.47. The van der Waals surface area contributed by atoms with E-state index in [9.17, 15) is 4.79 Å². The fourth-order valence-electron chi connectivity index (χ4n) is 2.13. The smallest absolute Gasteiger partial charge is 0.203 e. The van der Waals surface area contributed by atoms with Crippen molar-refractivity contribution < 1.29 is 14.3 Å². The maximum Gasteiger partial charge on any atom is 0.203 e. The van der Waals surface area contributed by atoms with Crippen molar-refractivity contribution >= 4 is 22.3 Å². The van der Waals surface area contributed by atoms with Crippen molar-refractivity contribution in [2.24, 2.45) is 0 Å². The van der Waals surface area contributed by atoms with E-state index in [2.05, 4.69) is 16.9 Å². The van der Waals surface area contributed by atoms with Gasteiger partial charge in [0, 0.05) is 23.6 Å². The molecule has 1 aliphatic rings. The molecule has 21 heavy (non-hydrogen) atoms. The minimum absolute atomic E-state index is 0.0193. The number of methoxy groups -OCH3 is 1. The van der Waals surface area contributed by atoms with Crippen LogP contribution in [0.15, 0.2) is 30.2 Å². The van der Waals surface area contributed by atoms with Gasteiger partial charge in [0.25, 0.3) is 0 Å². The highest BCUT2D eigenvalue weighted by Crippen LogP contribution is 2.39. The molecule has 0 bridgehead atoms. The first-order chi connectivity index (χ1) is 10.2. The molecule has 108 valence electrons. The molecule has 0 spiro atoms. The quantitative estimate of drug-likeness (QED) is 0.860.